The summed E-state index contributed by atoms with van der Waals surface area (Å²) in [6.45, 7) is 4.05. The number of hydrogen-bond donors (Lipinski definition) is 3. The van der Waals surface area contributed by atoms with Gasteiger partial charge in [-0.05, 0) is 72.8 Å². The highest BCUT2D eigenvalue weighted by molar-refractivity contribution is 6.32. The summed E-state index contributed by atoms with van der Waals surface area (Å²) in [5, 5.41) is 22.3. The van der Waals surface area contributed by atoms with E-state index in [0.717, 1.165) is 33.8 Å². The number of aliphatic carboxylic acids is 1. The van der Waals surface area contributed by atoms with Crippen molar-refractivity contribution < 1.29 is 28.8 Å². The molecule has 2 heterocycles. The quantitative estimate of drug-likeness (QED) is 0.154. The van der Waals surface area contributed by atoms with Crippen LogP contribution < -0.4 is 30.0 Å². The van der Waals surface area contributed by atoms with Gasteiger partial charge in [-0.1, -0.05) is 35.9 Å². The number of benzene rings is 3. The van der Waals surface area contributed by atoms with Crippen LogP contribution in [0, 0.1) is 18.3 Å². The molecule has 1 aliphatic rings. The van der Waals surface area contributed by atoms with Gasteiger partial charge in [0, 0.05) is 36.1 Å². The van der Waals surface area contributed by atoms with Gasteiger partial charge in [-0.25, -0.2) is 0 Å². The number of nitrogens with two attached hydrogens (primary N) is 1. The molecule has 0 radical (unpaired) electrons. The zero-order valence-electron chi connectivity index (χ0n) is 25.4. The third-order valence-electron chi connectivity index (χ3n) is 7.65. The molecule has 0 fully saturated rings. The Hall–Kier alpha value is -4.82. The highest BCUT2D eigenvalue weighted by Crippen LogP contribution is 2.37. The molecule has 1 aliphatic heterocycles. The third kappa shape index (κ3) is 8.06. The Balaban J connectivity index is 1.37. The average molecular weight is 643 g/mol. The van der Waals surface area contributed by atoms with Crippen LogP contribution in [0.15, 0.2) is 67.0 Å². The maximum atomic E-state index is 11.8. The predicted molar refractivity (Wildman–Crippen MR) is 173 cm³/mol. The molecule has 0 saturated carbocycles. The molecule has 0 saturated heterocycles. The van der Waals surface area contributed by atoms with Crippen LogP contribution in [0.4, 0.5) is 0 Å². The van der Waals surface area contributed by atoms with Gasteiger partial charge in [0.05, 0.1) is 10.6 Å². The third-order valence-corrected chi connectivity index (χ3v) is 7.94. The minimum absolute atomic E-state index is 0.128. The van der Waals surface area contributed by atoms with Gasteiger partial charge < -0.3 is 35.1 Å². The highest BCUT2D eigenvalue weighted by atomic mass is 35.5. The second-order valence-corrected chi connectivity index (χ2v) is 11.2. The van der Waals surface area contributed by atoms with Gasteiger partial charge in [0.2, 0.25) is 0 Å². The van der Waals surface area contributed by atoms with Crippen molar-refractivity contribution in [1.29, 1.82) is 5.26 Å². The van der Waals surface area contributed by atoms with Gasteiger partial charge in [0.25, 0.3) is 0 Å². The zero-order valence-corrected chi connectivity index (χ0v) is 26.2. The predicted octanol–water partition coefficient (Wildman–Crippen LogP) is 5.79. The summed E-state index contributed by atoms with van der Waals surface area (Å²) < 4.78 is 23.9. The van der Waals surface area contributed by atoms with Crippen LogP contribution >= 0.6 is 11.6 Å². The van der Waals surface area contributed by atoms with Crippen molar-refractivity contribution in [3.05, 3.63) is 99.8 Å². The molecule has 0 spiro atoms. The summed E-state index contributed by atoms with van der Waals surface area (Å²) in [6.07, 6.45) is 4.05. The molecule has 11 heteroatoms. The molecular weight excluding hydrogens is 608 g/mol. The minimum atomic E-state index is -0.963. The lowest BCUT2D eigenvalue weighted by Gasteiger charge is -2.20. The standard InChI is InChI=1S/C35H35ClN4O6/c1-22-26(4-2-5-28(22)25-7-8-31-34(14-25)44-11-10-43-31)21-46-33-15-32(45-20-24-12-23(16-38)17-39-18-24)27(13-29(33)36)19-40-30(35(41)42)6-3-9-37/h2,4-5,7-8,12-15,17-18,30,40H,3,6,9-11,19-21,37H2,1H3,(H,41,42)/t30-/m0/s1. The van der Waals surface area contributed by atoms with Crippen LogP contribution in [0.3, 0.4) is 0 Å². The average Bonchev–Trinajstić information content (AvgIpc) is 3.07. The van der Waals surface area contributed by atoms with E-state index in [1.54, 1.807) is 24.4 Å². The van der Waals surface area contributed by atoms with Crippen LogP contribution in [0.1, 0.15) is 40.7 Å². The Labute approximate surface area is 272 Å². The fourth-order valence-corrected chi connectivity index (χ4v) is 5.38. The van der Waals surface area contributed by atoms with Crippen molar-refractivity contribution in [3.8, 4) is 40.2 Å². The molecular formula is C35H35ClN4O6. The van der Waals surface area contributed by atoms with E-state index in [2.05, 4.69) is 22.4 Å². The summed E-state index contributed by atoms with van der Waals surface area (Å²) in [6, 6.07) is 18.4. The topological polar surface area (TPSA) is 149 Å². The molecule has 3 aromatic carbocycles. The summed E-state index contributed by atoms with van der Waals surface area (Å²) in [5.74, 6) is 1.37. The number of carboxylic acid groups (broad SMARTS) is 1. The lowest BCUT2D eigenvalue weighted by molar-refractivity contribution is -0.139. The molecule has 0 unspecified atom stereocenters. The molecule has 0 aliphatic carbocycles. The zero-order chi connectivity index (χ0) is 32.5. The SMILES string of the molecule is Cc1c(COc2cc(OCc3cncc(C#N)c3)c(CN[C@@H](CCCN)C(=O)O)cc2Cl)cccc1-c1ccc2c(c1)OCCO2. The normalized spacial score (nSPS) is 12.7. The lowest BCUT2D eigenvalue weighted by Crippen LogP contribution is -2.36. The van der Waals surface area contributed by atoms with E-state index in [1.807, 2.05) is 37.3 Å². The van der Waals surface area contributed by atoms with Gasteiger partial charge in [0.15, 0.2) is 11.5 Å². The number of carboxylic acids is 1. The van der Waals surface area contributed by atoms with Gasteiger partial charge in [-0.15, -0.1) is 0 Å². The van der Waals surface area contributed by atoms with E-state index in [1.165, 1.54) is 6.20 Å². The van der Waals surface area contributed by atoms with E-state index in [9.17, 15) is 15.2 Å². The number of pyridine rings is 1. The van der Waals surface area contributed by atoms with E-state index < -0.39 is 12.0 Å². The number of nitrogens with one attached hydrogen (secondary N) is 1. The molecule has 4 aromatic rings. The van der Waals surface area contributed by atoms with Crippen LogP contribution in [-0.4, -0.2) is 41.9 Å². The van der Waals surface area contributed by atoms with Crippen LogP contribution in [0.5, 0.6) is 23.0 Å². The summed E-state index contributed by atoms with van der Waals surface area (Å²) >= 11 is 6.71. The molecule has 10 nitrogen and oxygen atoms in total. The maximum Gasteiger partial charge on any atom is 0.320 e. The Morgan fingerprint density at radius 2 is 1.87 bits per heavy atom. The fraction of sp³-hybridized carbons (Fsp3) is 0.286. The minimum Gasteiger partial charge on any atom is -0.488 e. The van der Waals surface area contributed by atoms with Crippen molar-refractivity contribution >= 4 is 17.6 Å². The van der Waals surface area contributed by atoms with Gasteiger partial charge in [-0.3, -0.25) is 9.78 Å². The summed E-state index contributed by atoms with van der Waals surface area (Å²) in [7, 11) is 0. The van der Waals surface area contributed by atoms with Crippen molar-refractivity contribution in [2.45, 2.75) is 45.6 Å². The molecule has 238 valence electrons. The van der Waals surface area contributed by atoms with Crippen molar-refractivity contribution in [2.24, 2.45) is 5.73 Å². The maximum absolute atomic E-state index is 11.8. The second-order valence-electron chi connectivity index (χ2n) is 10.8. The Kier molecular flexibility index (Phi) is 10.9. The summed E-state index contributed by atoms with van der Waals surface area (Å²) in [4.78, 5) is 15.9. The van der Waals surface area contributed by atoms with Crippen LogP contribution in [0.2, 0.25) is 5.02 Å². The number of hydrogen-bond acceptors (Lipinski definition) is 9. The Morgan fingerprint density at radius 3 is 2.65 bits per heavy atom. The number of nitrogens with zero attached hydrogens (tertiary/aromatic N) is 2. The number of fused-ring (bicyclic) bond motifs is 1. The Morgan fingerprint density at radius 1 is 1.07 bits per heavy atom. The first-order chi connectivity index (χ1) is 22.4. The molecule has 0 amide bonds. The van der Waals surface area contributed by atoms with Crippen LogP contribution in [-0.2, 0) is 24.6 Å². The van der Waals surface area contributed by atoms with E-state index >= 15 is 0 Å². The number of rotatable bonds is 14. The highest BCUT2D eigenvalue weighted by Gasteiger charge is 2.19. The first-order valence-electron chi connectivity index (χ1n) is 14.9. The number of ether oxygens (including phenoxy) is 4. The fourth-order valence-electron chi connectivity index (χ4n) is 5.13. The second kappa shape index (κ2) is 15.5. The largest absolute Gasteiger partial charge is 0.488 e. The van der Waals surface area contributed by atoms with Crippen LogP contribution in [0.25, 0.3) is 11.1 Å². The summed E-state index contributed by atoms with van der Waals surface area (Å²) in [5.41, 5.74) is 11.4. The first kappa shape index (κ1) is 32.6. The number of halogens is 1. The molecule has 0 bridgehead atoms. The molecule has 5 rings (SSSR count). The monoisotopic (exact) mass is 642 g/mol. The lowest BCUT2D eigenvalue weighted by atomic mass is 9.96. The Bertz CT molecular complexity index is 1740. The molecule has 1 aromatic heterocycles. The molecule has 46 heavy (non-hydrogen) atoms. The number of carbonyl (C=O) groups is 1. The van der Waals surface area contributed by atoms with Crippen molar-refractivity contribution in [3.63, 3.8) is 0 Å². The van der Waals surface area contributed by atoms with E-state index in [0.29, 0.717) is 65.8 Å². The molecule has 1 atom stereocenters. The first-order valence-corrected chi connectivity index (χ1v) is 15.3. The van der Waals surface area contributed by atoms with Gasteiger partial charge in [0.1, 0.15) is 50.0 Å². The van der Waals surface area contributed by atoms with E-state index in [4.69, 9.17) is 36.3 Å². The smallest absolute Gasteiger partial charge is 0.320 e. The van der Waals surface area contributed by atoms with Gasteiger partial charge in [-0.2, -0.15) is 5.26 Å². The number of aromatic nitrogens is 1. The van der Waals surface area contributed by atoms with Crippen molar-refractivity contribution in [2.75, 3.05) is 19.8 Å². The van der Waals surface area contributed by atoms with Crippen molar-refractivity contribution in [1.82, 2.24) is 10.3 Å². The van der Waals surface area contributed by atoms with E-state index in [-0.39, 0.29) is 19.8 Å². The van der Waals surface area contributed by atoms with Gasteiger partial charge >= 0.3 is 5.97 Å². The molecule has 4 N–H and O–H groups in total. The number of nitriles is 1.